The third-order valence-electron chi connectivity index (χ3n) is 4.07. The van der Waals surface area contributed by atoms with Gasteiger partial charge in [0.15, 0.2) is 0 Å². The van der Waals surface area contributed by atoms with Crippen molar-refractivity contribution in [3.63, 3.8) is 0 Å². The summed E-state index contributed by atoms with van der Waals surface area (Å²) in [6.07, 6.45) is 1.03. The van der Waals surface area contributed by atoms with E-state index < -0.39 is 0 Å². The first kappa shape index (κ1) is 17.6. The zero-order chi connectivity index (χ0) is 14.0. The zero-order valence-corrected chi connectivity index (χ0v) is 13.9. The first-order chi connectivity index (χ1) is 8.94. The Morgan fingerprint density at radius 2 is 2.15 bits per heavy atom. The number of nitrogens with zero attached hydrogens (tertiary/aromatic N) is 1. The summed E-state index contributed by atoms with van der Waals surface area (Å²) in [5.41, 5.74) is 7.39. The highest BCUT2D eigenvalue weighted by molar-refractivity contribution is 6.31. The fraction of sp³-hybridized carbons (Fsp3) is 0.600. The number of ether oxygens (including phenoxy) is 1. The molecule has 0 aliphatic carbocycles. The van der Waals surface area contributed by atoms with E-state index in [9.17, 15) is 0 Å². The second kappa shape index (κ2) is 6.99. The van der Waals surface area contributed by atoms with Crippen LogP contribution in [0.4, 0.5) is 0 Å². The quantitative estimate of drug-likeness (QED) is 0.929. The molecule has 0 spiro atoms. The highest BCUT2D eigenvalue weighted by atomic mass is 35.5. The molecule has 1 aromatic rings. The summed E-state index contributed by atoms with van der Waals surface area (Å²) in [6.45, 7) is 7.28. The van der Waals surface area contributed by atoms with Crippen LogP contribution in [0.2, 0.25) is 5.02 Å². The Hall–Kier alpha value is -0.480. The van der Waals surface area contributed by atoms with Crippen molar-refractivity contribution in [2.45, 2.75) is 32.9 Å². The molecule has 1 aliphatic heterocycles. The van der Waals surface area contributed by atoms with Crippen molar-refractivity contribution in [3.8, 4) is 5.75 Å². The van der Waals surface area contributed by atoms with E-state index in [2.05, 4.69) is 18.7 Å². The van der Waals surface area contributed by atoms with E-state index in [0.717, 1.165) is 42.4 Å². The number of hydrogen-bond donors (Lipinski definition) is 1. The number of nitrogens with two attached hydrogens (primary N) is 1. The van der Waals surface area contributed by atoms with Gasteiger partial charge in [-0.3, -0.25) is 4.90 Å². The Labute approximate surface area is 132 Å². The topological polar surface area (TPSA) is 38.5 Å². The van der Waals surface area contributed by atoms with Crippen LogP contribution in [0, 0.1) is 5.41 Å². The molecule has 114 valence electrons. The number of halogens is 2. The molecule has 2 N–H and O–H groups in total. The molecule has 1 aliphatic rings. The van der Waals surface area contributed by atoms with Gasteiger partial charge in [0, 0.05) is 36.3 Å². The van der Waals surface area contributed by atoms with Crippen LogP contribution in [0.5, 0.6) is 5.75 Å². The van der Waals surface area contributed by atoms with Crippen molar-refractivity contribution in [3.05, 3.63) is 28.8 Å². The molecule has 20 heavy (non-hydrogen) atoms. The predicted molar refractivity (Wildman–Crippen MR) is 86.9 cm³/mol. The van der Waals surface area contributed by atoms with Crippen LogP contribution in [-0.2, 0) is 6.54 Å². The highest BCUT2D eigenvalue weighted by Gasteiger charge is 2.33. The third-order valence-corrected chi connectivity index (χ3v) is 4.42. The maximum atomic E-state index is 6.30. The summed E-state index contributed by atoms with van der Waals surface area (Å²) in [7, 11) is 1.69. The Kier molecular flexibility index (Phi) is 6.14. The van der Waals surface area contributed by atoms with E-state index in [-0.39, 0.29) is 23.9 Å². The molecule has 0 bridgehead atoms. The van der Waals surface area contributed by atoms with Crippen molar-refractivity contribution < 1.29 is 4.74 Å². The van der Waals surface area contributed by atoms with Crippen LogP contribution in [-0.4, -0.2) is 31.1 Å². The van der Waals surface area contributed by atoms with Crippen LogP contribution >= 0.6 is 24.0 Å². The van der Waals surface area contributed by atoms with Gasteiger partial charge in [0.05, 0.1) is 7.11 Å². The SMILES string of the molecule is COc1cccc(Cl)c1CN1CCC(N)C(C)(C)C1.Cl. The van der Waals surface area contributed by atoms with E-state index in [0.29, 0.717) is 0 Å². The van der Waals surface area contributed by atoms with Crippen molar-refractivity contribution in [1.82, 2.24) is 4.90 Å². The molecule has 5 heteroatoms. The number of piperidine rings is 1. The summed E-state index contributed by atoms with van der Waals surface area (Å²) in [5.74, 6) is 0.861. The molecular weight excluding hydrogens is 295 g/mol. The standard InChI is InChI=1S/C15H23ClN2O.ClH/c1-15(2)10-18(8-7-14(15)17)9-11-12(16)5-4-6-13(11)19-3;/h4-6,14H,7-10,17H2,1-3H3;1H. The minimum absolute atomic E-state index is 0. The van der Waals surface area contributed by atoms with E-state index in [1.165, 1.54) is 0 Å². The van der Waals surface area contributed by atoms with Crippen molar-refractivity contribution in [2.24, 2.45) is 11.1 Å². The van der Waals surface area contributed by atoms with Gasteiger partial charge in [-0.25, -0.2) is 0 Å². The van der Waals surface area contributed by atoms with Crippen LogP contribution < -0.4 is 10.5 Å². The molecule has 1 fully saturated rings. The van der Waals surface area contributed by atoms with Crippen LogP contribution in [0.25, 0.3) is 0 Å². The van der Waals surface area contributed by atoms with Gasteiger partial charge in [0.2, 0.25) is 0 Å². The van der Waals surface area contributed by atoms with Gasteiger partial charge in [-0.1, -0.05) is 31.5 Å². The molecule has 0 aromatic heterocycles. The molecule has 0 saturated carbocycles. The van der Waals surface area contributed by atoms with Gasteiger partial charge in [0.25, 0.3) is 0 Å². The average Bonchev–Trinajstić information content (AvgIpc) is 2.36. The van der Waals surface area contributed by atoms with Crippen LogP contribution in [0.15, 0.2) is 18.2 Å². The normalized spacial score (nSPS) is 22.1. The lowest BCUT2D eigenvalue weighted by Crippen LogP contribution is -2.52. The third kappa shape index (κ3) is 3.79. The Morgan fingerprint density at radius 1 is 1.45 bits per heavy atom. The summed E-state index contributed by atoms with van der Waals surface area (Å²) in [5, 5.41) is 0.770. The lowest BCUT2D eigenvalue weighted by molar-refractivity contribution is 0.0892. The van der Waals surface area contributed by atoms with Gasteiger partial charge in [-0.15, -0.1) is 12.4 Å². The van der Waals surface area contributed by atoms with Crippen molar-refractivity contribution in [2.75, 3.05) is 20.2 Å². The lowest BCUT2D eigenvalue weighted by atomic mass is 9.79. The molecule has 1 atom stereocenters. The summed E-state index contributed by atoms with van der Waals surface area (Å²) < 4.78 is 5.40. The number of likely N-dealkylation sites (tertiary alicyclic amines) is 1. The molecule has 1 saturated heterocycles. The summed E-state index contributed by atoms with van der Waals surface area (Å²) >= 11 is 6.30. The number of benzene rings is 1. The second-order valence-corrected chi connectivity index (χ2v) is 6.42. The Bertz CT molecular complexity index is 451. The smallest absolute Gasteiger partial charge is 0.124 e. The maximum absolute atomic E-state index is 6.30. The molecule has 1 heterocycles. The van der Waals surface area contributed by atoms with E-state index in [1.54, 1.807) is 7.11 Å². The maximum Gasteiger partial charge on any atom is 0.124 e. The first-order valence-electron chi connectivity index (χ1n) is 6.73. The van der Waals surface area contributed by atoms with Crippen molar-refractivity contribution in [1.29, 1.82) is 0 Å². The van der Waals surface area contributed by atoms with Gasteiger partial charge < -0.3 is 10.5 Å². The van der Waals surface area contributed by atoms with Crippen LogP contribution in [0.3, 0.4) is 0 Å². The minimum atomic E-state index is 0. The summed E-state index contributed by atoms with van der Waals surface area (Å²) in [6, 6.07) is 6.07. The van der Waals surface area contributed by atoms with Gasteiger partial charge in [-0.05, 0) is 24.0 Å². The first-order valence-corrected chi connectivity index (χ1v) is 7.11. The lowest BCUT2D eigenvalue weighted by Gasteiger charge is -2.42. The molecule has 0 amide bonds. The van der Waals surface area contributed by atoms with Crippen molar-refractivity contribution >= 4 is 24.0 Å². The molecular formula is C15H24Cl2N2O. The fourth-order valence-corrected chi connectivity index (χ4v) is 2.95. The molecule has 0 radical (unpaired) electrons. The zero-order valence-electron chi connectivity index (χ0n) is 12.4. The summed E-state index contributed by atoms with van der Waals surface area (Å²) in [4.78, 5) is 2.41. The highest BCUT2D eigenvalue weighted by Crippen LogP contribution is 2.32. The Balaban J connectivity index is 0.00000200. The second-order valence-electron chi connectivity index (χ2n) is 6.02. The molecule has 2 rings (SSSR count). The molecule has 1 aromatic carbocycles. The molecule has 1 unspecified atom stereocenters. The predicted octanol–water partition coefficient (Wildman–Crippen LogP) is 3.33. The van der Waals surface area contributed by atoms with Gasteiger partial charge in [0.1, 0.15) is 5.75 Å². The average molecular weight is 319 g/mol. The number of hydrogen-bond acceptors (Lipinski definition) is 3. The van der Waals surface area contributed by atoms with E-state index >= 15 is 0 Å². The van der Waals surface area contributed by atoms with Gasteiger partial charge in [-0.2, -0.15) is 0 Å². The fourth-order valence-electron chi connectivity index (χ4n) is 2.73. The Morgan fingerprint density at radius 3 is 2.75 bits per heavy atom. The minimum Gasteiger partial charge on any atom is -0.496 e. The number of rotatable bonds is 3. The van der Waals surface area contributed by atoms with E-state index in [1.807, 2.05) is 18.2 Å². The van der Waals surface area contributed by atoms with E-state index in [4.69, 9.17) is 22.1 Å². The number of methoxy groups -OCH3 is 1. The largest absolute Gasteiger partial charge is 0.496 e. The monoisotopic (exact) mass is 318 g/mol. The molecule has 3 nitrogen and oxygen atoms in total. The van der Waals surface area contributed by atoms with Crippen LogP contribution in [0.1, 0.15) is 25.8 Å². The van der Waals surface area contributed by atoms with Gasteiger partial charge >= 0.3 is 0 Å².